The molecule has 120 valence electrons. The summed E-state index contributed by atoms with van der Waals surface area (Å²) in [5.74, 6) is -0.941. The first-order valence-electron chi connectivity index (χ1n) is 7.46. The Balaban J connectivity index is 1.60. The van der Waals surface area contributed by atoms with Crippen LogP contribution in [0.2, 0.25) is 0 Å². The molecule has 0 saturated carbocycles. The van der Waals surface area contributed by atoms with Crippen molar-refractivity contribution in [1.82, 2.24) is 10.2 Å². The minimum Gasteiger partial charge on any atom is -0.366 e. The molecule has 5 nitrogen and oxygen atoms in total. The second kappa shape index (κ2) is 6.58. The Bertz CT molecular complexity index is 542. The van der Waals surface area contributed by atoms with Gasteiger partial charge < -0.3 is 19.9 Å². The van der Waals surface area contributed by atoms with Gasteiger partial charge in [-0.1, -0.05) is 0 Å². The van der Waals surface area contributed by atoms with E-state index in [-0.39, 0.29) is 11.6 Å². The van der Waals surface area contributed by atoms with Crippen molar-refractivity contribution >= 4 is 11.6 Å². The number of morpholine rings is 1. The SMILES string of the molecule is O=C([C@@H]1CNCCO1)N1CCN(c2cc(F)ccc2F)CC1. The Morgan fingerprint density at radius 3 is 2.68 bits per heavy atom. The maximum absolute atomic E-state index is 13.8. The molecule has 1 aromatic rings. The van der Waals surface area contributed by atoms with Crippen LogP contribution in [0, 0.1) is 11.6 Å². The lowest BCUT2D eigenvalue weighted by atomic mass is 10.2. The van der Waals surface area contributed by atoms with E-state index < -0.39 is 17.7 Å². The van der Waals surface area contributed by atoms with Gasteiger partial charge in [0.25, 0.3) is 5.91 Å². The summed E-state index contributed by atoms with van der Waals surface area (Å²) >= 11 is 0. The molecule has 0 bridgehead atoms. The zero-order valence-corrected chi connectivity index (χ0v) is 12.2. The third-order valence-corrected chi connectivity index (χ3v) is 4.04. The first-order valence-corrected chi connectivity index (χ1v) is 7.46. The van der Waals surface area contributed by atoms with Crippen molar-refractivity contribution in [2.24, 2.45) is 0 Å². The molecule has 2 fully saturated rings. The smallest absolute Gasteiger partial charge is 0.253 e. The maximum Gasteiger partial charge on any atom is 0.253 e. The summed E-state index contributed by atoms with van der Waals surface area (Å²) in [6.45, 7) is 3.74. The molecule has 0 radical (unpaired) electrons. The number of hydrogen-bond donors (Lipinski definition) is 1. The van der Waals surface area contributed by atoms with Crippen molar-refractivity contribution < 1.29 is 18.3 Å². The standard InChI is InChI=1S/C15H19F2N3O2/c16-11-1-2-12(17)13(9-11)19-4-6-20(7-5-19)15(21)14-10-18-3-8-22-14/h1-2,9,14,18H,3-8,10H2/t14-/m0/s1. The predicted molar refractivity (Wildman–Crippen MR) is 77.8 cm³/mol. The number of carbonyl (C=O) groups excluding carboxylic acids is 1. The van der Waals surface area contributed by atoms with Crippen LogP contribution in [-0.2, 0) is 9.53 Å². The average Bonchev–Trinajstić information content (AvgIpc) is 2.57. The molecule has 0 spiro atoms. The summed E-state index contributed by atoms with van der Waals surface area (Å²) in [6.07, 6.45) is -0.439. The molecule has 2 saturated heterocycles. The lowest BCUT2D eigenvalue weighted by molar-refractivity contribution is -0.145. The Kier molecular flexibility index (Phi) is 4.54. The van der Waals surface area contributed by atoms with E-state index in [9.17, 15) is 13.6 Å². The second-order valence-electron chi connectivity index (χ2n) is 5.47. The number of nitrogens with zero attached hydrogens (tertiary/aromatic N) is 2. The van der Waals surface area contributed by atoms with Crippen LogP contribution >= 0.6 is 0 Å². The van der Waals surface area contributed by atoms with E-state index in [1.165, 1.54) is 6.07 Å². The van der Waals surface area contributed by atoms with Gasteiger partial charge in [0.2, 0.25) is 0 Å². The molecule has 0 aliphatic carbocycles. The van der Waals surface area contributed by atoms with Gasteiger partial charge in [-0.05, 0) is 12.1 Å². The quantitative estimate of drug-likeness (QED) is 0.869. The lowest BCUT2D eigenvalue weighted by Gasteiger charge is -2.38. The highest BCUT2D eigenvalue weighted by molar-refractivity contribution is 5.81. The number of hydrogen-bond acceptors (Lipinski definition) is 4. The fourth-order valence-corrected chi connectivity index (χ4v) is 2.82. The normalized spacial score (nSPS) is 22.7. The van der Waals surface area contributed by atoms with Crippen LogP contribution in [0.4, 0.5) is 14.5 Å². The van der Waals surface area contributed by atoms with Gasteiger partial charge in [-0.25, -0.2) is 8.78 Å². The Labute approximate surface area is 127 Å². The predicted octanol–water partition coefficient (Wildman–Crippen LogP) is 0.602. The van der Waals surface area contributed by atoms with Crippen molar-refractivity contribution in [3.05, 3.63) is 29.8 Å². The minimum atomic E-state index is -0.461. The molecule has 1 aromatic carbocycles. The van der Waals surface area contributed by atoms with Gasteiger partial charge in [0, 0.05) is 45.3 Å². The van der Waals surface area contributed by atoms with Gasteiger partial charge in [-0.3, -0.25) is 4.79 Å². The topological polar surface area (TPSA) is 44.8 Å². The average molecular weight is 311 g/mol. The first kappa shape index (κ1) is 15.2. The molecule has 1 atom stereocenters. The van der Waals surface area contributed by atoms with Gasteiger partial charge >= 0.3 is 0 Å². The number of ether oxygens (including phenoxy) is 1. The number of rotatable bonds is 2. The third kappa shape index (κ3) is 3.20. The summed E-state index contributed by atoms with van der Waals surface area (Å²) in [4.78, 5) is 15.8. The second-order valence-corrected chi connectivity index (χ2v) is 5.47. The van der Waals surface area contributed by atoms with Crippen LogP contribution < -0.4 is 10.2 Å². The summed E-state index contributed by atoms with van der Waals surface area (Å²) in [6, 6.07) is 3.43. The highest BCUT2D eigenvalue weighted by Gasteiger charge is 2.29. The van der Waals surface area contributed by atoms with Gasteiger partial charge in [0.1, 0.15) is 17.7 Å². The number of carbonyl (C=O) groups is 1. The van der Waals surface area contributed by atoms with Crippen LogP contribution in [0.3, 0.4) is 0 Å². The summed E-state index contributed by atoms with van der Waals surface area (Å²) < 4.78 is 32.5. The van der Waals surface area contributed by atoms with Crippen molar-refractivity contribution in [3.8, 4) is 0 Å². The Morgan fingerprint density at radius 2 is 2.00 bits per heavy atom. The minimum absolute atomic E-state index is 0.0356. The molecule has 1 N–H and O–H groups in total. The summed E-state index contributed by atoms with van der Waals surface area (Å²) in [7, 11) is 0. The van der Waals surface area contributed by atoms with Crippen LogP contribution in [0.1, 0.15) is 0 Å². The van der Waals surface area contributed by atoms with E-state index in [1.54, 1.807) is 9.80 Å². The number of piperazine rings is 1. The number of anilines is 1. The number of amides is 1. The van der Waals surface area contributed by atoms with Gasteiger partial charge in [0.15, 0.2) is 0 Å². The Morgan fingerprint density at radius 1 is 1.23 bits per heavy atom. The monoisotopic (exact) mass is 311 g/mol. The molecule has 2 heterocycles. The number of nitrogens with one attached hydrogen (secondary N) is 1. The van der Waals surface area contributed by atoms with Gasteiger partial charge in [0.05, 0.1) is 12.3 Å². The fraction of sp³-hybridized carbons (Fsp3) is 0.533. The highest BCUT2D eigenvalue weighted by Crippen LogP contribution is 2.22. The van der Waals surface area contributed by atoms with E-state index in [1.807, 2.05) is 0 Å². The lowest BCUT2D eigenvalue weighted by Crippen LogP contribution is -2.55. The number of benzene rings is 1. The zero-order chi connectivity index (χ0) is 15.5. The highest BCUT2D eigenvalue weighted by atomic mass is 19.1. The van der Waals surface area contributed by atoms with E-state index in [4.69, 9.17) is 4.74 Å². The van der Waals surface area contributed by atoms with Crippen LogP contribution in [-0.4, -0.2) is 62.8 Å². The van der Waals surface area contributed by atoms with Crippen molar-refractivity contribution in [3.63, 3.8) is 0 Å². The van der Waals surface area contributed by atoms with E-state index >= 15 is 0 Å². The van der Waals surface area contributed by atoms with E-state index in [2.05, 4.69) is 5.32 Å². The summed E-state index contributed by atoms with van der Waals surface area (Å²) in [5.41, 5.74) is 0.252. The number of halogens is 2. The molecule has 0 unspecified atom stereocenters. The molecule has 7 heteroatoms. The third-order valence-electron chi connectivity index (χ3n) is 4.04. The molecule has 1 amide bonds. The molecule has 2 aliphatic rings. The molecule has 0 aromatic heterocycles. The molecular weight excluding hydrogens is 292 g/mol. The molecule has 2 aliphatic heterocycles. The fourth-order valence-electron chi connectivity index (χ4n) is 2.82. The van der Waals surface area contributed by atoms with Crippen LogP contribution in [0.5, 0.6) is 0 Å². The molecule has 22 heavy (non-hydrogen) atoms. The largest absolute Gasteiger partial charge is 0.366 e. The zero-order valence-electron chi connectivity index (χ0n) is 12.2. The van der Waals surface area contributed by atoms with E-state index in [0.717, 1.165) is 18.7 Å². The Hall–Kier alpha value is -1.73. The van der Waals surface area contributed by atoms with Crippen LogP contribution in [0.25, 0.3) is 0 Å². The summed E-state index contributed by atoms with van der Waals surface area (Å²) in [5, 5.41) is 3.13. The van der Waals surface area contributed by atoms with Crippen LogP contribution in [0.15, 0.2) is 18.2 Å². The first-order chi connectivity index (χ1) is 10.6. The van der Waals surface area contributed by atoms with E-state index in [0.29, 0.717) is 39.3 Å². The van der Waals surface area contributed by atoms with Gasteiger partial charge in [-0.2, -0.15) is 0 Å². The van der Waals surface area contributed by atoms with Crippen molar-refractivity contribution in [2.45, 2.75) is 6.10 Å². The van der Waals surface area contributed by atoms with Gasteiger partial charge in [-0.15, -0.1) is 0 Å². The molecule has 3 rings (SSSR count). The van der Waals surface area contributed by atoms with Crippen molar-refractivity contribution in [1.29, 1.82) is 0 Å². The van der Waals surface area contributed by atoms with Crippen molar-refractivity contribution in [2.75, 3.05) is 50.8 Å². The molecular formula is C15H19F2N3O2. The maximum atomic E-state index is 13.8.